The van der Waals surface area contributed by atoms with E-state index in [1.807, 2.05) is 59.3 Å². The smallest absolute Gasteiger partial charge is 0.273 e. The lowest BCUT2D eigenvalue weighted by Gasteiger charge is -2.05. The Morgan fingerprint density at radius 3 is 2.64 bits per heavy atom. The van der Waals surface area contributed by atoms with Gasteiger partial charge in [-0.1, -0.05) is 42.0 Å². The number of amides is 1. The van der Waals surface area contributed by atoms with E-state index in [0.29, 0.717) is 5.69 Å². The number of aromatic nitrogens is 2. The van der Waals surface area contributed by atoms with E-state index in [1.165, 1.54) is 16.9 Å². The van der Waals surface area contributed by atoms with E-state index < -0.39 is 0 Å². The van der Waals surface area contributed by atoms with Crippen molar-refractivity contribution in [2.75, 3.05) is 5.32 Å². The molecule has 0 aliphatic heterocycles. The highest BCUT2D eigenvalue weighted by Gasteiger charge is 2.15. The first-order valence-corrected chi connectivity index (χ1v) is 8.90. The number of aryl methyl sites for hydroxylation is 2. The van der Waals surface area contributed by atoms with Crippen LogP contribution in [0.25, 0.3) is 16.2 Å². The van der Waals surface area contributed by atoms with Crippen LogP contribution in [0.15, 0.2) is 60.1 Å². The molecular formula is C20H17N3OS. The number of carbonyl (C=O) groups is 1. The maximum Gasteiger partial charge on any atom is 0.273 e. The van der Waals surface area contributed by atoms with Crippen molar-refractivity contribution >= 4 is 27.9 Å². The third-order valence-electron chi connectivity index (χ3n) is 4.06. The van der Waals surface area contributed by atoms with Crippen LogP contribution in [0.3, 0.4) is 0 Å². The average Bonchev–Trinajstić information content (AvgIpc) is 3.16. The first-order chi connectivity index (χ1) is 12.1. The molecule has 124 valence electrons. The highest BCUT2D eigenvalue weighted by molar-refractivity contribution is 7.15. The quantitative estimate of drug-likeness (QED) is 0.571. The zero-order chi connectivity index (χ0) is 17.4. The molecule has 2 heterocycles. The monoisotopic (exact) mass is 347 g/mol. The Hall–Kier alpha value is -2.92. The van der Waals surface area contributed by atoms with Crippen molar-refractivity contribution in [3.63, 3.8) is 0 Å². The summed E-state index contributed by atoms with van der Waals surface area (Å²) in [4.78, 5) is 18.1. The van der Waals surface area contributed by atoms with Gasteiger partial charge in [0, 0.05) is 22.8 Å². The van der Waals surface area contributed by atoms with Gasteiger partial charge in [0.05, 0.1) is 5.69 Å². The van der Waals surface area contributed by atoms with Gasteiger partial charge >= 0.3 is 0 Å². The Morgan fingerprint density at radius 1 is 1.08 bits per heavy atom. The van der Waals surface area contributed by atoms with Gasteiger partial charge in [0.1, 0.15) is 5.69 Å². The van der Waals surface area contributed by atoms with Crippen LogP contribution in [-0.4, -0.2) is 15.3 Å². The fourth-order valence-electron chi connectivity index (χ4n) is 2.73. The van der Waals surface area contributed by atoms with E-state index in [0.717, 1.165) is 27.5 Å². The van der Waals surface area contributed by atoms with Crippen LogP contribution in [0.5, 0.6) is 0 Å². The van der Waals surface area contributed by atoms with Crippen LogP contribution >= 0.6 is 11.3 Å². The van der Waals surface area contributed by atoms with E-state index >= 15 is 0 Å². The van der Waals surface area contributed by atoms with Gasteiger partial charge in [-0.3, -0.25) is 9.20 Å². The van der Waals surface area contributed by atoms with Crippen LogP contribution < -0.4 is 5.32 Å². The zero-order valence-electron chi connectivity index (χ0n) is 14.0. The Balaban J connectivity index is 1.66. The minimum atomic E-state index is -0.135. The van der Waals surface area contributed by atoms with Gasteiger partial charge in [-0.2, -0.15) is 0 Å². The van der Waals surface area contributed by atoms with E-state index in [-0.39, 0.29) is 5.91 Å². The van der Waals surface area contributed by atoms with Gasteiger partial charge in [0.15, 0.2) is 4.96 Å². The molecule has 4 nitrogen and oxygen atoms in total. The predicted octanol–water partition coefficient (Wildman–Crippen LogP) is 4.93. The number of imidazole rings is 1. The minimum absolute atomic E-state index is 0.135. The average molecular weight is 347 g/mol. The fraction of sp³-hybridized carbons (Fsp3) is 0.100. The summed E-state index contributed by atoms with van der Waals surface area (Å²) in [5.41, 5.74) is 5.62. The molecule has 0 radical (unpaired) electrons. The lowest BCUT2D eigenvalue weighted by atomic mass is 10.1. The van der Waals surface area contributed by atoms with Crippen molar-refractivity contribution in [2.24, 2.45) is 0 Å². The molecule has 0 unspecified atom stereocenters. The van der Waals surface area contributed by atoms with Crippen molar-refractivity contribution in [1.82, 2.24) is 9.38 Å². The van der Waals surface area contributed by atoms with Gasteiger partial charge in [-0.05, 0) is 31.5 Å². The third kappa shape index (κ3) is 3.06. The molecule has 0 bridgehead atoms. The molecule has 1 N–H and O–H groups in total. The number of thiazole rings is 1. The molecule has 4 rings (SSSR count). The summed E-state index contributed by atoms with van der Waals surface area (Å²) in [6.45, 7) is 4.06. The molecule has 25 heavy (non-hydrogen) atoms. The first kappa shape index (κ1) is 15.6. The van der Waals surface area contributed by atoms with E-state index in [2.05, 4.69) is 29.4 Å². The molecule has 0 fully saturated rings. The van der Waals surface area contributed by atoms with Crippen LogP contribution in [-0.2, 0) is 0 Å². The van der Waals surface area contributed by atoms with Crippen molar-refractivity contribution in [3.05, 3.63) is 76.9 Å². The number of nitrogens with zero attached hydrogens (tertiary/aromatic N) is 2. The molecule has 0 atom stereocenters. The molecular weight excluding hydrogens is 330 g/mol. The molecule has 0 spiro atoms. The predicted molar refractivity (Wildman–Crippen MR) is 102 cm³/mol. The van der Waals surface area contributed by atoms with Crippen LogP contribution in [0.2, 0.25) is 0 Å². The van der Waals surface area contributed by atoms with Gasteiger partial charge in [-0.25, -0.2) is 4.98 Å². The number of benzene rings is 2. The minimum Gasteiger partial charge on any atom is -0.321 e. The third-order valence-corrected chi connectivity index (χ3v) is 4.90. The number of hydrogen-bond donors (Lipinski definition) is 1. The van der Waals surface area contributed by atoms with Gasteiger partial charge in [0.2, 0.25) is 0 Å². The number of fused-ring (bicyclic) bond motifs is 1. The van der Waals surface area contributed by atoms with Crippen molar-refractivity contribution < 1.29 is 4.79 Å². The normalized spacial score (nSPS) is 11.0. The first-order valence-electron chi connectivity index (χ1n) is 8.02. The molecule has 1 amide bonds. The highest BCUT2D eigenvalue weighted by Crippen LogP contribution is 2.24. The number of hydrogen-bond acceptors (Lipinski definition) is 3. The lowest BCUT2D eigenvalue weighted by molar-refractivity contribution is 0.102. The summed E-state index contributed by atoms with van der Waals surface area (Å²) in [6.07, 6.45) is 1.92. The number of carbonyl (C=O) groups excluding carboxylic acids is 1. The summed E-state index contributed by atoms with van der Waals surface area (Å²) < 4.78 is 1.85. The SMILES string of the molecule is Cc1ccc(-c2cn3c(C(=O)Nc4cccc(C)c4)csc3n2)cc1. The molecule has 5 heteroatoms. The molecule has 2 aromatic carbocycles. The lowest BCUT2D eigenvalue weighted by Crippen LogP contribution is -2.13. The Kier molecular flexibility index (Phi) is 3.86. The second kappa shape index (κ2) is 6.18. The van der Waals surface area contributed by atoms with Gasteiger partial charge < -0.3 is 5.32 Å². The molecule has 0 aliphatic rings. The molecule has 0 saturated carbocycles. The van der Waals surface area contributed by atoms with Gasteiger partial charge in [-0.15, -0.1) is 11.3 Å². The van der Waals surface area contributed by atoms with Crippen molar-refractivity contribution in [1.29, 1.82) is 0 Å². The van der Waals surface area contributed by atoms with Crippen LogP contribution in [0, 0.1) is 13.8 Å². The van der Waals surface area contributed by atoms with Crippen LogP contribution in [0.4, 0.5) is 5.69 Å². The maximum absolute atomic E-state index is 12.6. The molecule has 4 aromatic rings. The summed E-state index contributed by atoms with van der Waals surface area (Å²) >= 11 is 1.47. The van der Waals surface area contributed by atoms with Crippen molar-refractivity contribution in [3.8, 4) is 11.3 Å². The standard InChI is InChI=1S/C20H17N3OS/c1-13-6-8-15(9-7-13)17-11-23-18(12-25-20(23)22-17)19(24)21-16-5-3-4-14(2)10-16/h3-12H,1-2H3,(H,21,24). The maximum atomic E-state index is 12.6. The number of rotatable bonds is 3. The highest BCUT2D eigenvalue weighted by atomic mass is 32.1. The largest absolute Gasteiger partial charge is 0.321 e. The Morgan fingerprint density at radius 2 is 1.88 bits per heavy atom. The van der Waals surface area contributed by atoms with Gasteiger partial charge in [0.25, 0.3) is 5.91 Å². The summed E-state index contributed by atoms with van der Waals surface area (Å²) in [5.74, 6) is -0.135. The summed E-state index contributed by atoms with van der Waals surface area (Å²) in [7, 11) is 0. The van der Waals surface area contributed by atoms with E-state index in [9.17, 15) is 4.79 Å². The second-order valence-corrected chi connectivity index (χ2v) is 6.93. The topological polar surface area (TPSA) is 46.4 Å². The van der Waals surface area contributed by atoms with Crippen LogP contribution in [0.1, 0.15) is 21.6 Å². The summed E-state index contributed by atoms with van der Waals surface area (Å²) in [6, 6.07) is 16.0. The Bertz CT molecular complexity index is 1060. The zero-order valence-corrected chi connectivity index (χ0v) is 14.8. The molecule has 0 aliphatic carbocycles. The summed E-state index contributed by atoms with van der Waals surface area (Å²) in [5, 5.41) is 4.79. The number of anilines is 1. The van der Waals surface area contributed by atoms with E-state index in [1.54, 1.807) is 0 Å². The molecule has 2 aromatic heterocycles. The Labute approximate surface area is 149 Å². The van der Waals surface area contributed by atoms with Crippen molar-refractivity contribution in [2.45, 2.75) is 13.8 Å². The number of nitrogens with one attached hydrogen (secondary N) is 1. The van der Waals surface area contributed by atoms with E-state index in [4.69, 9.17) is 0 Å². The molecule has 0 saturated heterocycles. The second-order valence-electron chi connectivity index (χ2n) is 6.09. The fourth-order valence-corrected chi connectivity index (χ4v) is 3.58.